The SMILES string of the molecule is CCSc1nnc(NC(=O)/C=C/c2cc(OC)ccc2OC)s1. The van der Waals surface area contributed by atoms with E-state index in [0.29, 0.717) is 16.6 Å². The Labute approximate surface area is 142 Å². The number of ether oxygens (including phenoxy) is 2. The summed E-state index contributed by atoms with van der Waals surface area (Å²) in [6.07, 6.45) is 3.09. The molecule has 2 rings (SSSR count). The van der Waals surface area contributed by atoms with Crippen molar-refractivity contribution in [2.75, 3.05) is 25.3 Å². The third-order valence-corrected chi connectivity index (χ3v) is 4.61. The van der Waals surface area contributed by atoms with Gasteiger partial charge in [0.1, 0.15) is 11.5 Å². The summed E-state index contributed by atoms with van der Waals surface area (Å²) in [6.45, 7) is 2.04. The summed E-state index contributed by atoms with van der Waals surface area (Å²) in [6, 6.07) is 5.38. The first-order chi connectivity index (χ1) is 11.2. The van der Waals surface area contributed by atoms with Crippen LogP contribution >= 0.6 is 23.1 Å². The standard InChI is InChI=1S/C15H17N3O3S2/c1-4-22-15-18-17-14(23-15)16-13(19)8-5-10-9-11(20-2)6-7-12(10)21-3/h5-9H,4H2,1-3H3,(H,16,17,19)/b8-5+. The van der Waals surface area contributed by atoms with Crippen LogP contribution in [0, 0.1) is 0 Å². The predicted molar refractivity (Wildman–Crippen MR) is 93.5 cm³/mol. The van der Waals surface area contributed by atoms with Crippen LogP contribution in [0.5, 0.6) is 11.5 Å². The fourth-order valence-electron chi connectivity index (χ4n) is 1.72. The quantitative estimate of drug-likeness (QED) is 0.469. The Morgan fingerprint density at radius 3 is 2.87 bits per heavy atom. The highest BCUT2D eigenvalue weighted by Crippen LogP contribution is 2.26. The number of aromatic nitrogens is 2. The van der Waals surface area contributed by atoms with E-state index in [1.807, 2.05) is 6.92 Å². The van der Waals surface area contributed by atoms with Crippen molar-refractivity contribution >= 4 is 40.2 Å². The average Bonchev–Trinajstić information content (AvgIpc) is 3.00. The molecule has 0 radical (unpaired) electrons. The molecule has 0 fully saturated rings. The molecule has 23 heavy (non-hydrogen) atoms. The van der Waals surface area contributed by atoms with Crippen molar-refractivity contribution in [3.05, 3.63) is 29.8 Å². The van der Waals surface area contributed by atoms with E-state index in [4.69, 9.17) is 9.47 Å². The molecule has 0 spiro atoms. The van der Waals surface area contributed by atoms with Crippen molar-refractivity contribution in [2.45, 2.75) is 11.3 Å². The minimum Gasteiger partial charge on any atom is -0.497 e. The molecule has 6 nitrogen and oxygen atoms in total. The highest BCUT2D eigenvalue weighted by atomic mass is 32.2. The zero-order valence-electron chi connectivity index (χ0n) is 13.0. The number of rotatable bonds is 7. The molecule has 1 amide bonds. The monoisotopic (exact) mass is 351 g/mol. The van der Waals surface area contributed by atoms with Gasteiger partial charge in [-0.1, -0.05) is 30.0 Å². The molecule has 1 aromatic carbocycles. The lowest BCUT2D eigenvalue weighted by Gasteiger charge is -2.07. The Kier molecular flexibility index (Phi) is 6.42. The summed E-state index contributed by atoms with van der Waals surface area (Å²) in [5.41, 5.74) is 0.751. The lowest BCUT2D eigenvalue weighted by Crippen LogP contribution is -2.07. The highest BCUT2D eigenvalue weighted by molar-refractivity contribution is 8.01. The maximum Gasteiger partial charge on any atom is 0.250 e. The Morgan fingerprint density at radius 1 is 1.35 bits per heavy atom. The van der Waals surface area contributed by atoms with Crippen LogP contribution < -0.4 is 14.8 Å². The van der Waals surface area contributed by atoms with Crippen LogP contribution in [0.4, 0.5) is 5.13 Å². The number of hydrogen-bond acceptors (Lipinski definition) is 7. The molecule has 1 aromatic heterocycles. The first-order valence-electron chi connectivity index (χ1n) is 6.83. The number of anilines is 1. The van der Waals surface area contributed by atoms with Gasteiger partial charge in [-0.25, -0.2) is 0 Å². The van der Waals surface area contributed by atoms with Crippen molar-refractivity contribution in [3.63, 3.8) is 0 Å². The summed E-state index contributed by atoms with van der Waals surface area (Å²) < 4.78 is 11.3. The molecular weight excluding hydrogens is 334 g/mol. The van der Waals surface area contributed by atoms with E-state index in [2.05, 4.69) is 15.5 Å². The Morgan fingerprint density at radius 2 is 2.17 bits per heavy atom. The number of nitrogens with one attached hydrogen (secondary N) is 1. The summed E-state index contributed by atoms with van der Waals surface area (Å²) in [5.74, 6) is 1.99. The number of thioether (sulfide) groups is 1. The second-order valence-electron chi connectivity index (χ2n) is 4.24. The van der Waals surface area contributed by atoms with E-state index in [-0.39, 0.29) is 5.91 Å². The minimum atomic E-state index is -0.279. The molecule has 0 aliphatic heterocycles. The van der Waals surface area contributed by atoms with E-state index >= 15 is 0 Å². The zero-order chi connectivity index (χ0) is 16.7. The van der Waals surface area contributed by atoms with Gasteiger partial charge in [0, 0.05) is 11.6 Å². The molecule has 8 heteroatoms. The maximum atomic E-state index is 12.0. The lowest BCUT2D eigenvalue weighted by molar-refractivity contribution is -0.111. The van der Waals surface area contributed by atoms with Gasteiger partial charge in [0.25, 0.3) is 0 Å². The maximum absolute atomic E-state index is 12.0. The molecule has 2 aromatic rings. The largest absolute Gasteiger partial charge is 0.497 e. The van der Waals surface area contributed by atoms with Gasteiger partial charge in [-0.05, 0) is 30.0 Å². The van der Waals surface area contributed by atoms with Crippen LogP contribution in [-0.4, -0.2) is 36.1 Å². The number of carbonyl (C=O) groups excluding carboxylic acids is 1. The van der Waals surface area contributed by atoms with Crippen LogP contribution in [0.1, 0.15) is 12.5 Å². The fraction of sp³-hybridized carbons (Fsp3) is 0.267. The van der Waals surface area contributed by atoms with Gasteiger partial charge in [0.15, 0.2) is 4.34 Å². The van der Waals surface area contributed by atoms with E-state index in [1.165, 1.54) is 17.4 Å². The Hall–Kier alpha value is -2.06. The second-order valence-corrected chi connectivity index (χ2v) is 6.73. The molecule has 0 atom stereocenters. The summed E-state index contributed by atoms with van der Waals surface area (Å²) in [7, 11) is 3.16. The number of nitrogens with zero attached hydrogens (tertiary/aromatic N) is 2. The summed E-state index contributed by atoms with van der Waals surface area (Å²) in [4.78, 5) is 12.0. The van der Waals surface area contributed by atoms with Gasteiger partial charge >= 0.3 is 0 Å². The fourth-order valence-corrected chi connectivity index (χ4v) is 3.38. The first-order valence-corrected chi connectivity index (χ1v) is 8.64. The van der Waals surface area contributed by atoms with Crippen LogP contribution in [0.25, 0.3) is 6.08 Å². The molecule has 1 heterocycles. The topological polar surface area (TPSA) is 73.3 Å². The van der Waals surface area contributed by atoms with Gasteiger partial charge in [-0.15, -0.1) is 10.2 Å². The van der Waals surface area contributed by atoms with Crippen molar-refractivity contribution in [1.82, 2.24) is 10.2 Å². The van der Waals surface area contributed by atoms with Gasteiger partial charge < -0.3 is 9.47 Å². The molecule has 0 saturated carbocycles. The van der Waals surface area contributed by atoms with Gasteiger partial charge in [0.2, 0.25) is 11.0 Å². The number of benzene rings is 1. The van der Waals surface area contributed by atoms with Crippen molar-refractivity contribution in [1.29, 1.82) is 0 Å². The van der Waals surface area contributed by atoms with E-state index in [9.17, 15) is 4.79 Å². The number of hydrogen-bond donors (Lipinski definition) is 1. The second kappa shape index (κ2) is 8.54. The smallest absolute Gasteiger partial charge is 0.250 e. The minimum absolute atomic E-state index is 0.279. The molecule has 122 valence electrons. The summed E-state index contributed by atoms with van der Waals surface area (Å²) in [5, 5.41) is 11.1. The first kappa shape index (κ1) is 17.3. The Bertz CT molecular complexity index is 701. The Balaban J connectivity index is 2.05. The molecule has 0 aliphatic carbocycles. The van der Waals surface area contributed by atoms with E-state index in [0.717, 1.165) is 15.7 Å². The van der Waals surface area contributed by atoms with Crippen molar-refractivity contribution in [2.24, 2.45) is 0 Å². The van der Waals surface area contributed by atoms with Gasteiger partial charge in [-0.2, -0.15) is 0 Å². The average molecular weight is 351 g/mol. The van der Waals surface area contributed by atoms with Crippen LogP contribution in [0.3, 0.4) is 0 Å². The molecular formula is C15H17N3O3S2. The van der Waals surface area contributed by atoms with Crippen molar-refractivity contribution in [3.8, 4) is 11.5 Å². The van der Waals surface area contributed by atoms with E-state index in [1.54, 1.807) is 50.3 Å². The van der Waals surface area contributed by atoms with Gasteiger partial charge in [0.05, 0.1) is 14.2 Å². The predicted octanol–water partition coefficient (Wildman–Crippen LogP) is 3.32. The third-order valence-electron chi connectivity index (χ3n) is 2.76. The molecule has 0 saturated heterocycles. The normalized spacial score (nSPS) is 10.7. The summed E-state index contributed by atoms with van der Waals surface area (Å²) >= 11 is 2.94. The number of carbonyl (C=O) groups is 1. The van der Waals surface area contributed by atoms with Crippen LogP contribution in [0.15, 0.2) is 28.6 Å². The lowest BCUT2D eigenvalue weighted by atomic mass is 10.1. The molecule has 1 N–H and O–H groups in total. The van der Waals surface area contributed by atoms with E-state index < -0.39 is 0 Å². The number of methoxy groups -OCH3 is 2. The molecule has 0 aliphatic rings. The third kappa shape index (κ3) is 4.97. The van der Waals surface area contributed by atoms with Crippen molar-refractivity contribution < 1.29 is 14.3 Å². The zero-order valence-corrected chi connectivity index (χ0v) is 14.7. The van der Waals surface area contributed by atoms with Crippen LogP contribution in [-0.2, 0) is 4.79 Å². The van der Waals surface area contributed by atoms with Gasteiger partial charge in [-0.3, -0.25) is 10.1 Å². The highest BCUT2D eigenvalue weighted by Gasteiger charge is 2.07. The molecule has 0 bridgehead atoms. The van der Waals surface area contributed by atoms with Crippen LogP contribution in [0.2, 0.25) is 0 Å². The molecule has 0 unspecified atom stereocenters. The number of amides is 1.